The van der Waals surface area contributed by atoms with Crippen LogP contribution in [0, 0.1) is 5.92 Å². The molecule has 0 bridgehead atoms. The van der Waals surface area contributed by atoms with Crippen LogP contribution >= 0.6 is 11.8 Å². The van der Waals surface area contributed by atoms with Gasteiger partial charge >= 0.3 is 5.97 Å². The Morgan fingerprint density at radius 2 is 2.11 bits per heavy atom. The van der Waals surface area contributed by atoms with Crippen molar-refractivity contribution >= 4 is 34.4 Å². The highest BCUT2D eigenvalue weighted by Crippen LogP contribution is 2.31. The summed E-state index contributed by atoms with van der Waals surface area (Å²) in [6.45, 7) is 4.61. The molecule has 1 heterocycles. The first-order chi connectivity index (χ1) is 12.9. The topological polar surface area (TPSA) is 78.3 Å². The molecule has 1 fully saturated rings. The minimum absolute atomic E-state index is 0.143. The average molecular weight is 388 g/mol. The summed E-state index contributed by atoms with van der Waals surface area (Å²) in [6.07, 6.45) is 3.34. The fourth-order valence-corrected chi connectivity index (χ4v) is 4.49. The van der Waals surface area contributed by atoms with Crippen LogP contribution in [-0.4, -0.2) is 33.7 Å². The van der Waals surface area contributed by atoms with E-state index in [1.807, 2.05) is 13.8 Å². The van der Waals surface area contributed by atoms with Crippen molar-refractivity contribution in [2.75, 3.05) is 7.11 Å². The first-order valence-corrected chi connectivity index (χ1v) is 10.1. The smallest absolute Gasteiger partial charge is 0.337 e. The molecule has 7 heteroatoms. The predicted octanol–water partition coefficient (Wildman–Crippen LogP) is 3.44. The zero-order chi connectivity index (χ0) is 19.6. The minimum atomic E-state index is -0.471. The number of Topliss-reactive ketones (excluding diaryl/α,β-unsaturated/α-hetero) is 1. The standard InChI is InChI=1S/C20H24N2O4S/c1-12(2)11-22-18(24)14-9-8-13(19(25)26-3)10-15(14)21-20(22)27-17-7-5-4-6-16(17)23/h8-10,12,17H,4-7,11H2,1-3H3/t17-/m0/s1. The molecular weight excluding hydrogens is 364 g/mol. The van der Waals surface area contributed by atoms with Crippen LogP contribution in [-0.2, 0) is 16.1 Å². The number of esters is 1. The van der Waals surface area contributed by atoms with Crippen molar-refractivity contribution in [3.63, 3.8) is 0 Å². The van der Waals surface area contributed by atoms with Crippen molar-refractivity contribution in [1.29, 1.82) is 0 Å². The summed E-state index contributed by atoms with van der Waals surface area (Å²) in [5.41, 5.74) is 0.660. The molecule has 0 aliphatic heterocycles. The van der Waals surface area contributed by atoms with Gasteiger partial charge in [-0.05, 0) is 37.0 Å². The molecule has 0 N–H and O–H groups in total. The van der Waals surface area contributed by atoms with Crippen molar-refractivity contribution in [1.82, 2.24) is 9.55 Å². The Hall–Kier alpha value is -2.15. The summed E-state index contributed by atoms with van der Waals surface area (Å²) in [6, 6.07) is 4.78. The monoisotopic (exact) mass is 388 g/mol. The number of carbonyl (C=O) groups excluding carboxylic acids is 2. The summed E-state index contributed by atoms with van der Waals surface area (Å²) >= 11 is 1.38. The third-order valence-corrected chi connectivity index (χ3v) is 5.94. The highest BCUT2D eigenvalue weighted by molar-refractivity contribution is 8.00. The molecule has 3 rings (SSSR count). The van der Waals surface area contributed by atoms with Crippen LogP contribution in [0.5, 0.6) is 0 Å². The number of aromatic nitrogens is 2. The van der Waals surface area contributed by atoms with Crippen molar-refractivity contribution in [3.05, 3.63) is 34.1 Å². The number of nitrogens with zero attached hydrogens (tertiary/aromatic N) is 2. The van der Waals surface area contributed by atoms with Gasteiger partial charge in [0.2, 0.25) is 0 Å². The molecular formula is C20H24N2O4S. The van der Waals surface area contributed by atoms with Gasteiger partial charge in [0.05, 0.1) is 28.8 Å². The molecule has 2 aromatic rings. The fourth-order valence-electron chi connectivity index (χ4n) is 3.26. The molecule has 0 spiro atoms. The van der Waals surface area contributed by atoms with Gasteiger partial charge in [-0.3, -0.25) is 14.2 Å². The molecule has 0 unspecified atom stereocenters. The van der Waals surface area contributed by atoms with E-state index in [9.17, 15) is 14.4 Å². The van der Waals surface area contributed by atoms with E-state index in [-0.39, 0.29) is 22.5 Å². The highest BCUT2D eigenvalue weighted by atomic mass is 32.2. The number of ketones is 1. The molecule has 1 aliphatic carbocycles. The summed E-state index contributed by atoms with van der Waals surface area (Å²) in [7, 11) is 1.32. The lowest BCUT2D eigenvalue weighted by molar-refractivity contribution is -0.119. The van der Waals surface area contributed by atoms with Gasteiger partial charge in [0.15, 0.2) is 5.16 Å². The minimum Gasteiger partial charge on any atom is -0.465 e. The Labute approximate surface area is 162 Å². The van der Waals surface area contributed by atoms with Crippen LogP contribution in [0.15, 0.2) is 28.2 Å². The van der Waals surface area contributed by atoms with E-state index in [0.717, 1.165) is 19.3 Å². The third-order valence-electron chi connectivity index (χ3n) is 4.64. The molecule has 1 atom stereocenters. The fraction of sp³-hybridized carbons (Fsp3) is 0.500. The molecule has 0 radical (unpaired) electrons. The third kappa shape index (κ3) is 4.24. The van der Waals surface area contributed by atoms with Crippen LogP contribution in [0.4, 0.5) is 0 Å². The molecule has 0 amide bonds. The second-order valence-electron chi connectivity index (χ2n) is 7.25. The molecule has 1 aliphatic rings. The maximum Gasteiger partial charge on any atom is 0.337 e. The zero-order valence-electron chi connectivity index (χ0n) is 15.9. The Morgan fingerprint density at radius 3 is 2.78 bits per heavy atom. The van der Waals surface area contributed by atoms with E-state index in [4.69, 9.17) is 4.74 Å². The predicted molar refractivity (Wildman–Crippen MR) is 105 cm³/mol. The number of ether oxygens (including phenoxy) is 1. The van der Waals surface area contributed by atoms with Gasteiger partial charge in [0.25, 0.3) is 5.56 Å². The van der Waals surface area contributed by atoms with E-state index in [1.54, 1.807) is 22.8 Å². The number of thioether (sulfide) groups is 1. The van der Waals surface area contributed by atoms with Gasteiger partial charge in [-0.1, -0.05) is 32.0 Å². The molecule has 144 valence electrons. The first-order valence-electron chi connectivity index (χ1n) is 9.23. The number of benzene rings is 1. The van der Waals surface area contributed by atoms with Crippen molar-refractivity contribution in [2.45, 2.75) is 56.5 Å². The normalized spacial score (nSPS) is 17.5. The molecule has 1 aromatic carbocycles. The van der Waals surface area contributed by atoms with E-state index in [1.165, 1.54) is 18.9 Å². The summed E-state index contributed by atoms with van der Waals surface area (Å²) in [4.78, 5) is 41.8. The van der Waals surface area contributed by atoms with E-state index in [2.05, 4.69) is 4.98 Å². The van der Waals surface area contributed by atoms with Crippen LogP contribution in [0.1, 0.15) is 49.9 Å². The van der Waals surface area contributed by atoms with E-state index < -0.39 is 5.97 Å². The largest absolute Gasteiger partial charge is 0.465 e. The quantitative estimate of drug-likeness (QED) is 0.577. The van der Waals surface area contributed by atoms with Crippen molar-refractivity contribution in [3.8, 4) is 0 Å². The lowest BCUT2D eigenvalue weighted by Crippen LogP contribution is -2.28. The Kier molecular flexibility index (Phi) is 5.99. The number of rotatable bonds is 5. The SMILES string of the molecule is COC(=O)c1ccc2c(=O)n(CC(C)C)c(S[C@H]3CCCCC3=O)nc2c1. The van der Waals surface area contributed by atoms with Crippen LogP contribution in [0.25, 0.3) is 10.9 Å². The highest BCUT2D eigenvalue weighted by Gasteiger charge is 2.26. The summed E-state index contributed by atoms with van der Waals surface area (Å²) in [5.74, 6) is 0.0134. The molecule has 1 saturated carbocycles. The second-order valence-corrected chi connectivity index (χ2v) is 8.42. The molecule has 1 aromatic heterocycles. The summed E-state index contributed by atoms with van der Waals surface area (Å²) in [5, 5.41) is 0.844. The van der Waals surface area contributed by atoms with Crippen LogP contribution in [0.2, 0.25) is 0 Å². The maximum atomic E-state index is 13.1. The second kappa shape index (κ2) is 8.25. The maximum absolute atomic E-state index is 13.1. The summed E-state index contributed by atoms with van der Waals surface area (Å²) < 4.78 is 6.42. The number of hydrogen-bond donors (Lipinski definition) is 0. The Morgan fingerprint density at radius 1 is 1.33 bits per heavy atom. The van der Waals surface area contributed by atoms with E-state index >= 15 is 0 Å². The number of methoxy groups -OCH3 is 1. The molecule has 6 nitrogen and oxygen atoms in total. The number of carbonyl (C=O) groups is 2. The van der Waals surface area contributed by atoms with E-state index in [0.29, 0.717) is 34.6 Å². The number of fused-ring (bicyclic) bond motifs is 1. The lowest BCUT2D eigenvalue weighted by atomic mass is 9.99. The number of hydrogen-bond acceptors (Lipinski definition) is 6. The molecule has 0 saturated heterocycles. The Balaban J connectivity index is 2.10. The van der Waals surface area contributed by atoms with Gasteiger partial charge < -0.3 is 4.74 Å². The van der Waals surface area contributed by atoms with Gasteiger partial charge in [-0.2, -0.15) is 0 Å². The van der Waals surface area contributed by atoms with Gasteiger partial charge in [-0.25, -0.2) is 9.78 Å². The van der Waals surface area contributed by atoms with Gasteiger partial charge in [-0.15, -0.1) is 0 Å². The van der Waals surface area contributed by atoms with Crippen molar-refractivity contribution in [2.24, 2.45) is 5.92 Å². The van der Waals surface area contributed by atoms with Gasteiger partial charge in [0.1, 0.15) is 5.78 Å². The Bertz CT molecular complexity index is 935. The lowest BCUT2D eigenvalue weighted by Gasteiger charge is -2.22. The van der Waals surface area contributed by atoms with Crippen molar-refractivity contribution < 1.29 is 14.3 Å². The van der Waals surface area contributed by atoms with Gasteiger partial charge in [0, 0.05) is 13.0 Å². The molecule has 27 heavy (non-hydrogen) atoms. The average Bonchev–Trinajstić information content (AvgIpc) is 2.65. The zero-order valence-corrected chi connectivity index (χ0v) is 16.7. The first kappa shape index (κ1) is 19.6. The van der Waals surface area contributed by atoms with Crippen LogP contribution < -0.4 is 5.56 Å². The van der Waals surface area contributed by atoms with Crippen LogP contribution in [0.3, 0.4) is 0 Å².